The minimum atomic E-state index is -0.0343. The molecule has 1 amide bonds. The summed E-state index contributed by atoms with van der Waals surface area (Å²) in [5.41, 5.74) is 1.39. The molecule has 1 fully saturated rings. The molecule has 0 bridgehead atoms. The van der Waals surface area contributed by atoms with Gasteiger partial charge in [0.1, 0.15) is 11.8 Å². The van der Waals surface area contributed by atoms with Gasteiger partial charge in [0.2, 0.25) is 0 Å². The number of carbonyl (C=O) groups is 1. The molecule has 1 N–H and O–H groups in total. The third-order valence-corrected chi connectivity index (χ3v) is 3.57. The molecule has 0 unspecified atom stereocenters. The number of fused-ring (bicyclic) bond motifs is 1. The zero-order valence-electron chi connectivity index (χ0n) is 11.3. The number of benzene rings is 1. The Kier molecular flexibility index (Phi) is 2.82. The Morgan fingerprint density at radius 2 is 2.16 bits per heavy atom. The van der Waals surface area contributed by atoms with E-state index in [0.717, 1.165) is 24.1 Å². The van der Waals surface area contributed by atoms with Gasteiger partial charge in [0, 0.05) is 30.6 Å². The second kappa shape index (κ2) is 4.38. The van der Waals surface area contributed by atoms with Crippen molar-refractivity contribution in [1.29, 1.82) is 0 Å². The van der Waals surface area contributed by atoms with Crippen LogP contribution in [0.1, 0.15) is 24.2 Å². The van der Waals surface area contributed by atoms with Crippen molar-refractivity contribution in [2.45, 2.75) is 19.4 Å². The Morgan fingerprint density at radius 3 is 2.95 bits per heavy atom. The number of nitrogens with zero attached hydrogens (tertiary/aromatic N) is 1. The number of carbonyl (C=O) groups excluding carboxylic acids is 1. The van der Waals surface area contributed by atoms with Crippen molar-refractivity contribution in [2.75, 3.05) is 19.6 Å². The van der Waals surface area contributed by atoms with Crippen LogP contribution in [0, 0.1) is 0 Å². The first kappa shape index (κ1) is 12.2. The number of furan rings is 1. The third-order valence-electron chi connectivity index (χ3n) is 3.57. The number of hydrogen-bond donors (Lipinski definition) is 1. The number of piperazine rings is 1. The number of hydrogen-bond acceptors (Lipinski definition) is 3. The van der Waals surface area contributed by atoms with Gasteiger partial charge >= 0.3 is 0 Å². The van der Waals surface area contributed by atoms with Crippen molar-refractivity contribution >= 4 is 16.9 Å². The summed E-state index contributed by atoms with van der Waals surface area (Å²) in [6.45, 7) is 6.50. The summed E-state index contributed by atoms with van der Waals surface area (Å²) in [6.07, 6.45) is 1.57. The Bertz CT molecular complexity index is 615. The summed E-state index contributed by atoms with van der Waals surface area (Å²) in [5.74, 6) is 0.0551. The van der Waals surface area contributed by atoms with Crippen LogP contribution in [-0.4, -0.2) is 36.0 Å². The molecule has 100 valence electrons. The third kappa shape index (κ3) is 2.24. The molecule has 2 heterocycles. The molecular weight excluding hydrogens is 240 g/mol. The maximum Gasteiger partial charge on any atom is 0.257 e. The van der Waals surface area contributed by atoms with Crippen molar-refractivity contribution < 1.29 is 9.21 Å². The van der Waals surface area contributed by atoms with E-state index >= 15 is 0 Å². The van der Waals surface area contributed by atoms with Crippen molar-refractivity contribution in [2.24, 2.45) is 0 Å². The monoisotopic (exact) mass is 258 g/mol. The largest absolute Gasteiger partial charge is 0.463 e. The SMILES string of the molecule is CC1(C)CN(C(=O)c2coc3ccccc23)CCN1. The topological polar surface area (TPSA) is 45.5 Å². The van der Waals surface area contributed by atoms with Gasteiger partial charge in [-0.3, -0.25) is 4.79 Å². The molecule has 0 atom stereocenters. The lowest BCUT2D eigenvalue weighted by Crippen LogP contribution is -2.58. The van der Waals surface area contributed by atoms with E-state index in [-0.39, 0.29) is 11.4 Å². The predicted octanol–water partition coefficient (Wildman–Crippen LogP) is 2.26. The highest BCUT2D eigenvalue weighted by molar-refractivity contribution is 6.05. The molecule has 19 heavy (non-hydrogen) atoms. The van der Waals surface area contributed by atoms with Crippen molar-refractivity contribution in [3.8, 4) is 0 Å². The maximum absolute atomic E-state index is 12.6. The fraction of sp³-hybridized carbons (Fsp3) is 0.400. The lowest BCUT2D eigenvalue weighted by atomic mass is 10.0. The van der Waals surface area contributed by atoms with Crippen LogP contribution in [0.2, 0.25) is 0 Å². The van der Waals surface area contributed by atoms with Crippen LogP contribution in [0.4, 0.5) is 0 Å². The van der Waals surface area contributed by atoms with E-state index in [4.69, 9.17) is 4.42 Å². The zero-order valence-corrected chi connectivity index (χ0v) is 11.3. The molecule has 4 nitrogen and oxygen atoms in total. The van der Waals surface area contributed by atoms with Gasteiger partial charge in [0.25, 0.3) is 5.91 Å². The number of amides is 1. The first-order valence-electron chi connectivity index (χ1n) is 6.57. The normalized spacial score (nSPS) is 18.7. The predicted molar refractivity (Wildman–Crippen MR) is 74.2 cm³/mol. The van der Waals surface area contributed by atoms with E-state index in [0.29, 0.717) is 12.1 Å². The highest BCUT2D eigenvalue weighted by Gasteiger charge is 2.30. The van der Waals surface area contributed by atoms with Crippen LogP contribution in [-0.2, 0) is 0 Å². The standard InChI is InChI=1S/C15H18N2O2/c1-15(2)10-17(8-7-16-15)14(18)12-9-19-13-6-4-3-5-11(12)13/h3-6,9,16H,7-8,10H2,1-2H3. The van der Waals surface area contributed by atoms with Gasteiger partial charge in [0.05, 0.1) is 5.56 Å². The minimum absolute atomic E-state index is 0.0343. The summed E-state index contributed by atoms with van der Waals surface area (Å²) >= 11 is 0. The zero-order chi connectivity index (χ0) is 13.5. The van der Waals surface area contributed by atoms with Crippen LogP contribution >= 0.6 is 0 Å². The lowest BCUT2D eigenvalue weighted by Gasteiger charge is -2.39. The first-order chi connectivity index (χ1) is 9.07. The molecule has 3 rings (SSSR count). The second-order valence-electron chi connectivity index (χ2n) is 5.68. The van der Waals surface area contributed by atoms with Gasteiger partial charge < -0.3 is 14.6 Å². The van der Waals surface area contributed by atoms with E-state index in [1.165, 1.54) is 0 Å². The molecule has 1 aromatic carbocycles. The maximum atomic E-state index is 12.6. The molecule has 1 saturated heterocycles. The number of para-hydroxylation sites is 1. The molecule has 0 saturated carbocycles. The van der Waals surface area contributed by atoms with Gasteiger partial charge in [0.15, 0.2) is 0 Å². The van der Waals surface area contributed by atoms with Crippen LogP contribution in [0.25, 0.3) is 11.0 Å². The summed E-state index contributed by atoms with van der Waals surface area (Å²) in [6, 6.07) is 7.65. The highest BCUT2D eigenvalue weighted by Crippen LogP contribution is 2.23. The van der Waals surface area contributed by atoms with Gasteiger partial charge in [-0.1, -0.05) is 18.2 Å². The van der Waals surface area contributed by atoms with Gasteiger partial charge in [-0.05, 0) is 19.9 Å². The fourth-order valence-corrected chi connectivity index (χ4v) is 2.63. The summed E-state index contributed by atoms with van der Waals surface area (Å²) in [4.78, 5) is 14.5. The van der Waals surface area contributed by atoms with Crippen LogP contribution in [0.15, 0.2) is 34.9 Å². The molecule has 4 heteroatoms. The van der Waals surface area contributed by atoms with E-state index in [1.54, 1.807) is 6.26 Å². The van der Waals surface area contributed by atoms with Gasteiger partial charge in [-0.15, -0.1) is 0 Å². The fourth-order valence-electron chi connectivity index (χ4n) is 2.63. The molecular formula is C15H18N2O2. The molecule has 1 aliphatic rings. The average Bonchev–Trinajstić information content (AvgIpc) is 2.80. The average molecular weight is 258 g/mol. The first-order valence-corrected chi connectivity index (χ1v) is 6.57. The molecule has 1 aliphatic heterocycles. The van der Waals surface area contributed by atoms with Crippen LogP contribution in [0.5, 0.6) is 0 Å². The van der Waals surface area contributed by atoms with Crippen LogP contribution in [0.3, 0.4) is 0 Å². The van der Waals surface area contributed by atoms with E-state index < -0.39 is 0 Å². The van der Waals surface area contributed by atoms with Gasteiger partial charge in [-0.25, -0.2) is 0 Å². The quantitative estimate of drug-likeness (QED) is 0.853. The van der Waals surface area contributed by atoms with Crippen molar-refractivity contribution in [3.05, 3.63) is 36.1 Å². The summed E-state index contributed by atoms with van der Waals surface area (Å²) in [7, 11) is 0. The van der Waals surface area contributed by atoms with E-state index in [2.05, 4.69) is 19.2 Å². The molecule has 1 aromatic heterocycles. The molecule has 0 spiro atoms. The lowest BCUT2D eigenvalue weighted by molar-refractivity contribution is 0.0653. The van der Waals surface area contributed by atoms with E-state index in [9.17, 15) is 4.79 Å². The van der Waals surface area contributed by atoms with Crippen molar-refractivity contribution in [3.63, 3.8) is 0 Å². The van der Waals surface area contributed by atoms with Crippen LogP contribution < -0.4 is 5.32 Å². The van der Waals surface area contributed by atoms with Gasteiger partial charge in [-0.2, -0.15) is 0 Å². The number of nitrogens with one attached hydrogen (secondary N) is 1. The van der Waals surface area contributed by atoms with Crippen molar-refractivity contribution in [1.82, 2.24) is 10.2 Å². The Morgan fingerprint density at radius 1 is 1.37 bits per heavy atom. The van der Waals surface area contributed by atoms with E-state index in [1.807, 2.05) is 29.2 Å². The summed E-state index contributed by atoms with van der Waals surface area (Å²) in [5, 5.41) is 4.30. The highest BCUT2D eigenvalue weighted by atomic mass is 16.3. The Hall–Kier alpha value is -1.81. The second-order valence-corrected chi connectivity index (χ2v) is 5.68. The number of rotatable bonds is 1. The molecule has 0 aliphatic carbocycles. The Balaban J connectivity index is 1.91. The molecule has 0 radical (unpaired) electrons. The Labute approximate surface area is 112 Å². The molecule has 2 aromatic rings. The minimum Gasteiger partial charge on any atom is -0.463 e. The smallest absolute Gasteiger partial charge is 0.257 e. The summed E-state index contributed by atoms with van der Waals surface area (Å²) < 4.78 is 5.45.